The van der Waals surface area contributed by atoms with Gasteiger partial charge in [0.1, 0.15) is 5.76 Å². The molecule has 0 bridgehead atoms. The Morgan fingerprint density at radius 3 is 3.15 bits per heavy atom. The highest BCUT2D eigenvalue weighted by Crippen LogP contribution is 2.33. The maximum atomic E-state index is 5.44. The van der Waals surface area contributed by atoms with E-state index in [1.54, 1.807) is 6.26 Å². The maximum Gasteiger partial charge on any atom is 0.103 e. The minimum absolute atomic E-state index is 0.467. The highest BCUT2D eigenvalue weighted by Gasteiger charge is 2.27. The predicted molar refractivity (Wildman–Crippen MR) is 79.8 cm³/mol. The van der Waals surface area contributed by atoms with Crippen molar-refractivity contribution < 1.29 is 4.42 Å². The van der Waals surface area contributed by atoms with Crippen LogP contribution in [0.4, 0.5) is 0 Å². The van der Waals surface area contributed by atoms with Crippen LogP contribution in [0.3, 0.4) is 0 Å². The smallest absolute Gasteiger partial charge is 0.103 e. The zero-order valence-electron chi connectivity index (χ0n) is 12.0. The van der Waals surface area contributed by atoms with E-state index in [1.807, 2.05) is 12.3 Å². The molecule has 2 unspecified atom stereocenters. The standard InChI is InChI=1S/C17H22N2O/c1-18-16(10-9-14-7-4-12-20-14)15-8-2-5-13-6-3-11-19-17(13)15/h3-4,6-7,11-12,15-16,18H,2,5,8-10H2,1H3. The van der Waals surface area contributed by atoms with Crippen molar-refractivity contribution in [3.8, 4) is 0 Å². The van der Waals surface area contributed by atoms with Crippen LogP contribution in [0.15, 0.2) is 41.1 Å². The lowest BCUT2D eigenvalue weighted by atomic mass is 9.80. The molecule has 1 aliphatic carbocycles. The highest BCUT2D eigenvalue weighted by molar-refractivity contribution is 5.27. The molecule has 0 aromatic carbocycles. The van der Waals surface area contributed by atoms with Gasteiger partial charge in [-0.2, -0.15) is 0 Å². The van der Waals surface area contributed by atoms with Crippen LogP contribution in [-0.4, -0.2) is 18.1 Å². The number of furan rings is 1. The number of nitrogens with one attached hydrogen (secondary N) is 1. The van der Waals surface area contributed by atoms with Crippen LogP contribution in [0.2, 0.25) is 0 Å². The zero-order valence-corrected chi connectivity index (χ0v) is 12.0. The van der Waals surface area contributed by atoms with E-state index in [0.717, 1.165) is 18.6 Å². The number of pyridine rings is 1. The summed E-state index contributed by atoms with van der Waals surface area (Å²) in [5, 5.41) is 3.49. The summed E-state index contributed by atoms with van der Waals surface area (Å²) in [6.45, 7) is 0. The minimum atomic E-state index is 0.467. The van der Waals surface area contributed by atoms with Gasteiger partial charge < -0.3 is 9.73 Å². The third-order valence-electron chi connectivity index (χ3n) is 4.38. The van der Waals surface area contributed by atoms with E-state index < -0.39 is 0 Å². The first-order valence-corrected chi connectivity index (χ1v) is 7.52. The van der Waals surface area contributed by atoms with Crippen molar-refractivity contribution in [1.82, 2.24) is 10.3 Å². The number of likely N-dealkylation sites (N-methyl/N-ethyl adjacent to an activating group) is 1. The Bertz CT molecular complexity index is 536. The monoisotopic (exact) mass is 270 g/mol. The quantitative estimate of drug-likeness (QED) is 0.905. The lowest BCUT2D eigenvalue weighted by molar-refractivity contribution is 0.374. The molecule has 0 saturated carbocycles. The van der Waals surface area contributed by atoms with Crippen LogP contribution in [0.1, 0.15) is 42.2 Å². The number of rotatable bonds is 5. The van der Waals surface area contributed by atoms with Gasteiger partial charge in [0.2, 0.25) is 0 Å². The van der Waals surface area contributed by atoms with Crippen molar-refractivity contribution >= 4 is 0 Å². The lowest BCUT2D eigenvalue weighted by Crippen LogP contribution is -2.35. The first-order valence-electron chi connectivity index (χ1n) is 7.52. The summed E-state index contributed by atoms with van der Waals surface area (Å²) in [7, 11) is 2.06. The van der Waals surface area contributed by atoms with Gasteiger partial charge >= 0.3 is 0 Å². The van der Waals surface area contributed by atoms with Gasteiger partial charge in [-0.1, -0.05) is 6.07 Å². The predicted octanol–water partition coefficient (Wildman–Crippen LogP) is 3.32. The summed E-state index contributed by atoms with van der Waals surface area (Å²) in [4.78, 5) is 4.65. The fraction of sp³-hybridized carbons (Fsp3) is 0.471. The Morgan fingerprint density at radius 2 is 2.35 bits per heavy atom. The second-order valence-electron chi connectivity index (χ2n) is 5.56. The van der Waals surface area contributed by atoms with Gasteiger partial charge in [-0.25, -0.2) is 0 Å². The summed E-state index contributed by atoms with van der Waals surface area (Å²) < 4.78 is 5.44. The molecular weight excluding hydrogens is 248 g/mol. The molecule has 2 aromatic heterocycles. The summed E-state index contributed by atoms with van der Waals surface area (Å²) in [5.74, 6) is 1.60. The van der Waals surface area contributed by atoms with Crippen molar-refractivity contribution in [2.45, 2.75) is 44.1 Å². The van der Waals surface area contributed by atoms with E-state index in [0.29, 0.717) is 12.0 Å². The second kappa shape index (κ2) is 6.23. The average Bonchev–Trinajstić information content (AvgIpc) is 3.01. The fourth-order valence-electron chi connectivity index (χ4n) is 3.34. The molecule has 0 radical (unpaired) electrons. The zero-order chi connectivity index (χ0) is 13.8. The number of fused-ring (bicyclic) bond motifs is 1. The molecule has 2 atom stereocenters. The van der Waals surface area contributed by atoms with Gasteiger partial charge in [0.15, 0.2) is 0 Å². The summed E-state index contributed by atoms with van der Waals surface area (Å²) in [5.41, 5.74) is 2.74. The number of aryl methyl sites for hydroxylation is 2. The summed E-state index contributed by atoms with van der Waals surface area (Å²) >= 11 is 0. The normalized spacial score (nSPS) is 19.6. The number of hydrogen-bond acceptors (Lipinski definition) is 3. The molecule has 0 saturated heterocycles. The van der Waals surface area contributed by atoms with Gasteiger partial charge in [-0.05, 0) is 56.5 Å². The van der Waals surface area contributed by atoms with E-state index in [9.17, 15) is 0 Å². The minimum Gasteiger partial charge on any atom is -0.469 e. The Kier molecular flexibility index (Phi) is 4.16. The fourth-order valence-corrected chi connectivity index (χ4v) is 3.34. The molecule has 2 heterocycles. The number of nitrogens with zero attached hydrogens (tertiary/aromatic N) is 1. The first-order chi connectivity index (χ1) is 9.88. The van der Waals surface area contributed by atoms with Crippen LogP contribution < -0.4 is 5.32 Å². The van der Waals surface area contributed by atoms with Gasteiger partial charge in [0, 0.05) is 30.3 Å². The Hall–Kier alpha value is -1.61. The molecule has 3 rings (SSSR count). The molecular formula is C17H22N2O. The van der Waals surface area contributed by atoms with E-state index in [-0.39, 0.29) is 0 Å². The molecule has 106 valence electrons. The van der Waals surface area contributed by atoms with Gasteiger partial charge in [0.05, 0.1) is 6.26 Å². The molecule has 0 spiro atoms. The Labute approximate surface area is 120 Å². The molecule has 3 heteroatoms. The van der Waals surface area contributed by atoms with Crippen molar-refractivity contribution in [3.05, 3.63) is 53.7 Å². The largest absolute Gasteiger partial charge is 0.469 e. The second-order valence-corrected chi connectivity index (χ2v) is 5.56. The summed E-state index contributed by atoms with van der Waals surface area (Å²) in [6.07, 6.45) is 9.42. The molecule has 20 heavy (non-hydrogen) atoms. The number of aromatic nitrogens is 1. The first kappa shape index (κ1) is 13.4. The van der Waals surface area contributed by atoms with Crippen molar-refractivity contribution in [1.29, 1.82) is 0 Å². The topological polar surface area (TPSA) is 38.1 Å². The van der Waals surface area contributed by atoms with Crippen LogP contribution in [0, 0.1) is 0 Å². The van der Waals surface area contributed by atoms with Gasteiger partial charge in [-0.15, -0.1) is 0 Å². The van der Waals surface area contributed by atoms with Crippen LogP contribution >= 0.6 is 0 Å². The van der Waals surface area contributed by atoms with Crippen LogP contribution in [-0.2, 0) is 12.8 Å². The molecule has 1 N–H and O–H groups in total. The molecule has 2 aromatic rings. The Morgan fingerprint density at radius 1 is 1.40 bits per heavy atom. The average molecular weight is 270 g/mol. The molecule has 3 nitrogen and oxygen atoms in total. The van der Waals surface area contributed by atoms with Crippen LogP contribution in [0.5, 0.6) is 0 Å². The summed E-state index contributed by atoms with van der Waals surface area (Å²) in [6, 6.07) is 8.77. The Balaban J connectivity index is 1.73. The van der Waals surface area contributed by atoms with Crippen molar-refractivity contribution in [3.63, 3.8) is 0 Å². The van der Waals surface area contributed by atoms with E-state index >= 15 is 0 Å². The van der Waals surface area contributed by atoms with E-state index in [4.69, 9.17) is 4.42 Å². The van der Waals surface area contributed by atoms with Gasteiger partial charge in [-0.3, -0.25) is 4.98 Å². The molecule has 0 aliphatic heterocycles. The SMILES string of the molecule is CNC(CCc1ccco1)C1CCCc2cccnc21. The van der Waals surface area contributed by atoms with Crippen molar-refractivity contribution in [2.24, 2.45) is 0 Å². The third-order valence-corrected chi connectivity index (χ3v) is 4.38. The number of hydrogen-bond donors (Lipinski definition) is 1. The van der Waals surface area contributed by atoms with Gasteiger partial charge in [0.25, 0.3) is 0 Å². The highest BCUT2D eigenvalue weighted by atomic mass is 16.3. The van der Waals surface area contributed by atoms with Crippen molar-refractivity contribution in [2.75, 3.05) is 7.05 Å². The van der Waals surface area contributed by atoms with E-state index in [2.05, 4.69) is 35.5 Å². The third kappa shape index (κ3) is 2.78. The van der Waals surface area contributed by atoms with E-state index in [1.165, 1.54) is 30.5 Å². The maximum absolute atomic E-state index is 5.44. The van der Waals surface area contributed by atoms with Crippen LogP contribution in [0.25, 0.3) is 0 Å². The molecule has 0 amide bonds. The lowest BCUT2D eigenvalue weighted by Gasteiger charge is -2.31. The molecule has 0 fully saturated rings. The molecule has 1 aliphatic rings.